The SMILES string of the molecule is OC(COc1ccccc1)Cn1cnc(-c2ccccc2)n1. The molecule has 0 radical (unpaired) electrons. The normalized spacial score (nSPS) is 12.0. The van der Waals surface area contributed by atoms with E-state index in [1.54, 1.807) is 11.0 Å². The molecule has 5 nitrogen and oxygen atoms in total. The predicted molar refractivity (Wildman–Crippen MR) is 83.4 cm³/mol. The molecule has 0 aliphatic heterocycles. The molecule has 2 aromatic carbocycles. The molecule has 1 atom stereocenters. The fourth-order valence-electron chi connectivity index (χ4n) is 2.08. The molecule has 0 aliphatic rings. The lowest BCUT2D eigenvalue weighted by molar-refractivity contribution is 0.0893. The molecule has 0 aliphatic carbocycles. The van der Waals surface area contributed by atoms with Crippen LogP contribution in [0.1, 0.15) is 0 Å². The monoisotopic (exact) mass is 295 g/mol. The number of aromatic nitrogens is 3. The van der Waals surface area contributed by atoms with Gasteiger partial charge in [-0.05, 0) is 12.1 Å². The number of aliphatic hydroxyl groups excluding tert-OH is 1. The lowest BCUT2D eigenvalue weighted by atomic mass is 10.2. The molecule has 0 fully saturated rings. The number of hydrogen-bond acceptors (Lipinski definition) is 4. The first-order valence-corrected chi connectivity index (χ1v) is 7.12. The minimum Gasteiger partial charge on any atom is -0.491 e. The Balaban J connectivity index is 1.56. The van der Waals surface area contributed by atoms with E-state index < -0.39 is 6.10 Å². The van der Waals surface area contributed by atoms with Crippen LogP contribution in [0.2, 0.25) is 0 Å². The Hall–Kier alpha value is -2.66. The zero-order valence-electron chi connectivity index (χ0n) is 12.0. The van der Waals surface area contributed by atoms with E-state index in [1.165, 1.54) is 0 Å². The van der Waals surface area contributed by atoms with Crippen molar-refractivity contribution in [2.45, 2.75) is 12.6 Å². The van der Waals surface area contributed by atoms with E-state index in [0.717, 1.165) is 11.3 Å². The largest absolute Gasteiger partial charge is 0.491 e. The second-order valence-corrected chi connectivity index (χ2v) is 4.93. The molecule has 0 bridgehead atoms. The van der Waals surface area contributed by atoms with Gasteiger partial charge in [-0.1, -0.05) is 48.5 Å². The highest BCUT2D eigenvalue weighted by molar-refractivity contribution is 5.53. The Kier molecular flexibility index (Phi) is 4.46. The van der Waals surface area contributed by atoms with Crippen LogP contribution in [0.5, 0.6) is 5.75 Å². The molecule has 1 aromatic heterocycles. The maximum Gasteiger partial charge on any atom is 0.181 e. The zero-order valence-corrected chi connectivity index (χ0v) is 12.0. The van der Waals surface area contributed by atoms with Crippen LogP contribution in [0.4, 0.5) is 0 Å². The molecule has 0 saturated heterocycles. The maximum absolute atomic E-state index is 10.0. The highest BCUT2D eigenvalue weighted by Gasteiger charge is 2.09. The lowest BCUT2D eigenvalue weighted by Gasteiger charge is -2.11. The van der Waals surface area contributed by atoms with Crippen molar-refractivity contribution in [3.05, 3.63) is 67.0 Å². The van der Waals surface area contributed by atoms with Gasteiger partial charge < -0.3 is 9.84 Å². The molecule has 1 unspecified atom stereocenters. The van der Waals surface area contributed by atoms with E-state index in [2.05, 4.69) is 10.1 Å². The quantitative estimate of drug-likeness (QED) is 0.758. The van der Waals surface area contributed by atoms with Gasteiger partial charge in [0.15, 0.2) is 5.82 Å². The molecule has 1 heterocycles. The van der Waals surface area contributed by atoms with Gasteiger partial charge in [0.1, 0.15) is 24.8 Å². The summed E-state index contributed by atoms with van der Waals surface area (Å²) in [7, 11) is 0. The third kappa shape index (κ3) is 3.71. The number of rotatable bonds is 6. The number of aliphatic hydroxyl groups is 1. The molecule has 1 N–H and O–H groups in total. The second kappa shape index (κ2) is 6.87. The number of hydrogen-bond donors (Lipinski definition) is 1. The van der Waals surface area contributed by atoms with Gasteiger partial charge in [-0.25, -0.2) is 9.67 Å². The summed E-state index contributed by atoms with van der Waals surface area (Å²) >= 11 is 0. The molecule has 3 aromatic rings. The van der Waals surface area contributed by atoms with Crippen LogP contribution in [0.3, 0.4) is 0 Å². The van der Waals surface area contributed by atoms with E-state index in [1.807, 2.05) is 60.7 Å². The zero-order chi connectivity index (χ0) is 15.2. The summed E-state index contributed by atoms with van der Waals surface area (Å²) in [5.74, 6) is 1.39. The number of para-hydroxylation sites is 1. The Morgan fingerprint density at radius 3 is 2.41 bits per heavy atom. The van der Waals surface area contributed by atoms with Crippen molar-refractivity contribution in [3.63, 3.8) is 0 Å². The van der Waals surface area contributed by atoms with Crippen LogP contribution in [0.15, 0.2) is 67.0 Å². The minimum atomic E-state index is -0.648. The third-order valence-corrected chi connectivity index (χ3v) is 3.15. The molecule has 0 amide bonds. The highest BCUT2D eigenvalue weighted by atomic mass is 16.5. The van der Waals surface area contributed by atoms with Gasteiger partial charge in [0.2, 0.25) is 0 Å². The van der Waals surface area contributed by atoms with Crippen LogP contribution in [0, 0.1) is 0 Å². The van der Waals surface area contributed by atoms with Crippen molar-refractivity contribution >= 4 is 0 Å². The van der Waals surface area contributed by atoms with Crippen LogP contribution >= 0.6 is 0 Å². The highest BCUT2D eigenvalue weighted by Crippen LogP contribution is 2.13. The molecule has 0 saturated carbocycles. The van der Waals surface area contributed by atoms with Crippen LogP contribution in [-0.4, -0.2) is 32.6 Å². The summed E-state index contributed by atoms with van der Waals surface area (Å²) in [6.07, 6.45) is 0.971. The Bertz CT molecular complexity index is 698. The first kappa shape index (κ1) is 14.3. The molecule has 112 valence electrons. The summed E-state index contributed by atoms with van der Waals surface area (Å²) in [6.45, 7) is 0.553. The van der Waals surface area contributed by atoms with Crippen molar-refractivity contribution < 1.29 is 9.84 Å². The van der Waals surface area contributed by atoms with E-state index in [9.17, 15) is 5.11 Å². The molecule has 22 heavy (non-hydrogen) atoms. The smallest absolute Gasteiger partial charge is 0.181 e. The van der Waals surface area contributed by atoms with Gasteiger partial charge in [0, 0.05) is 5.56 Å². The minimum absolute atomic E-state index is 0.213. The van der Waals surface area contributed by atoms with Gasteiger partial charge in [-0.15, -0.1) is 0 Å². The third-order valence-electron chi connectivity index (χ3n) is 3.15. The number of ether oxygens (including phenoxy) is 1. The van der Waals surface area contributed by atoms with Crippen molar-refractivity contribution in [1.82, 2.24) is 14.8 Å². The van der Waals surface area contributed by atoms with Gasteiger partial charge in [0.25, 0.3) is 0 Å². The first-order valence-electron chi connectivity index (χ1n) is 7.12. The van der Waals surface area contributed by atoms with E-state index in [0.29, 0.717) is 12.4 Å². The Morgan fingerprint density at radius 1 is 1.00 bits per heavy atom. The van der Waals surface area contributed by atoms with E-state index in [4.69, 9.17) is 4.74 Å². The van der Waals surface area contributed by atoms with E-state index >= 15 is 0 Å². The second-order valence-electron chi connectivity index (χ2n) is 4.93. The fourth-order valence-corrected chi connectivity index (χ4v) is 2.08. The Labute approximate surface area is 128 Å². The summed E-state index contributed by atoms with van der Waals surface area (Å²) in [4.78, 5) is 4.26. The molecule has 5 heteroatoms. The summed E-state index contributed by atoms with van der Waals surface area (Å²) < 4.78 is 7.15. The number of benzene rings is 2. The van der Waals surface area contributed by atoms with Crippen LogP contribution in [0.25, 0.3) is 11.4 Å². The summed E-state index contributed by atoms with van der Waals surface area (Å²) in [5.41, 5.74) is 0.955. The molecular formula is C17H17N3O2. The van der Waals surface area contributed by atoms with Crippen molar-refractivity contribution in [2.24, 2.45) is 0 Å². The Morgan fingerprint density at radius 2 is 1.68 bits per heavy atom. The average molecular weight is 295 g/mol. The lowest BCUT2D eigenvalue weighted by Crippen LogP contribution is -2.23. The summed E-state index contributed by atoms with van der Waals surface area (Å²) in [5, 5.41) is 14.4. The molecule has 0 spiro atoms. The maximum atomic E-state index is 10.0. The molecular weight excluding hydrogens is 278 g/mol. The topological polar surface area (TPSA) is 60.2 Å². The predicted octanol–water partition coefficient (Wildman–Crippen LogP) is 2.39. The molecule has 3 rings (SSSR count). The number of nitrogens with zero attached hydrogens (tertiary/aromatic N) is 3. The first-order chi connectivity index (χ1) is 10.8. The standard InChI is InChI=1S/C17H17N3O2/c21-15(12-22-16-9-5-2-6-10-16)11-20-13-18-17(19-20)14-7-3-1-4-8-14/h1-10,13,15,21H,11-12H2. The van der Waals surface area contributed by atoms with Gasteiger partial charge in [0.05, 0.1) is 6.54 Å². The summed E-state index contributed by atoms with van der Waals surface area (Å²) in [6, 6.07) is 19.2. The van der Waals surface area contributed by atoms with Crippen molar-refractivity contribution in [1.29, 1.82) is 0 Å². The van der Waals surface area contributed by atoms with Gasteiger partial charge in [-0.2, -0.15) is 5.10 Å². The average Bonchev–Trinajstić information content (AvgIpc) is 3.03. The van der Waals surface area contributed by atoms with Gasteiger partial charge >= 0.3 is 0 Å². The van der Waals surface area contributed by atoms with Crippen LogP contribution in [-0.2, 0) is 6.54 Å². The van der Waals surface area contributed by atoms with Crippen LogP contribution < -0.4 is 4.74 Å². The van der Waals surface area contributed by atoms with Crippen molar-refractivity contribution in [3.8, 4) is 17.1 Å². The fraction of sp³-hybridized carbons (Fsp3) is 0.176. The van der Waals surface area contributed by atoms with Crippen molar-refractivity contribution in [2.75, 3.05) is 6.61 Å². The van der Waals surface area contributed by atoms with Gasteiger partial charge in [-0.3, -0.25) is 0 Å². The van der Waals surface area contributed by atoms with E-state index in [-0.39, 0.29) is 6.61 Å².